The minimum atomic E-state index is -0.347. The number of amides is 2. The maximum absolute atomic E-state index is 12.8. The second kappa shape index (κ2) is 9.77. The molecule has 0 aliphatic carbocycles. The number of hydrogen-bond donors (Lipinski definition) is 2. The van der Waals surface area contributed by atoms with Crippen LogP contribution in [-0.4, -0.2) is 50.6 Å². The summed E-state index contributed by atoms with van der Waals surface area (Å²) in [5.41, 5.74) is 7.44. The third kappa shape index (κ3) is 4.40. The van der Waals surface area contributed by atoms with Crippen LogP contribution in [0.5, 0.6) is 11.5 Å². The summed E-state index contributed by atoms with van der Waals surface area (Å²) in [5, 5.41) is 4.55. The monoisotopic (exact) mass is 425 g/mol. The zero-order valence-electron chi connectivity index (χ0n) is 15.8. The van der Waals surface area contributed by atoms with Crippen molar-refractivity contribution in [2.75, 3.05) is 33.9 Å². The Labute approximate surface area is 174 Å². The van der Waals surface area contributed by atoms with Gasteiger partial charge in [-0.15, -0.1) is 23.7 Å². The number of rotatable bonds is 6. The van der Waals surface area contributed by atoms with Crippen LogP contribution in [0.2, 0.25) is 0 Å². The minimum absolute atomic E-state index is 0. The number of nitrogens with one attached hydrogen (secondary N) is 1. The molecule has 152 valence electrons. The van der Waals surface area contributed by atoms with Gasteiger partial charge in [0.1, 0.15) is 0 Å². The van der Waals surface area contributed by atoms with E-state index in [1.807, 2.05) is 29.6 Å². The van der Waals surface area contributed by atoms with Crippen LogP contribution in [0.1, 0.15) is 22.0 Å². The van der Waals surface area contributed by atoms with Gasteiger partial charge in [-0.25, -0.2) is 0 Å². The first kappa shape index (κ1) is 22.0. The van der Waals surface area contributed by atoms with Gasteiger partial charge in [0, 0.05) is 11.4 Å². The van der Waals surface area contributed by atoms with E-state index in [1.165, 1.54) is 0 Å². The van der Waals surface area contributed by atoms with Crippen molar-refractivity contribution in [2.45, 2.75) is 12.5 Å². The smallest absolute Gasteiger partial charge is 0.242 e. The van der Waals surface area contributed by atoms with Gasteiger partial charge in [-0.3, -0.25) is 9.59 Å². The quantitative estimate of drug-likeness (QED) is 0.735. The number of carbonyl (C=O) groups excluding carboxylic acids is 2. The summed E-state index contributed by atoms with van der Waals surface area (Å²) in [7, 11) is 3.21. The molecule has 1 unspecified atom stereocenters. The van der Waals surface area contributed by atoms with Crippen molar-refractivity contribution >= 4 is 35.6 Å². The van der Waals surface area contributed by atoms with E-state index in [2.05, 4.69) is 5.32 Å². The molecule has 7 nitrogen and oxygen atoms in total. The molecule has 28 heavy (non-hydrogen) atoms. The Morgan fingerprint density at radius 2 is 2.00 bits per heavy atom. The number of nitrogens with two attached hydrogens (primary N) is 1. The summed E-state index contributed by atoms with van der Waals surface area (Å²) in [6.45, 7) is 0.352. The van der Waals surface area contributed by atoms with Gasteiger partial charge >= 0.3 is 0 Å². The zero-order valence-corrected chi connectivity index (χ0v) is 17.4. The lowest BCUT2D eigenvalue weighted by Crippen LogP contribution is -2.46. The van der Waals surface area contributed by atoms with Crippen molar-refractivity contribution in [3.63, 3.8) is 0 Å². The molecule has 0 spiro atoms. The standard InChI is InChI=1S/C19H23N3O4S.ClH/c1-25-14-8-12-5-6-22(18(24)11-21-17(23)10-20)19(16-4-3-7-27-16)13(12)9-15(14)26-2;/h3-4,7-9,19H,5-6,10-11,20H2,1-2H3,(H,21,23);1H. The van der Waals surface area contributed by atoms with Crippen molar-refractivity contribution in [1.29, 1.82) is 0 Å². The first-order chi connectivity index (χ1) is 13.1. The van der Waals surface area contributed by atoms with E-state index in [-0.39, 0.29) is 43.4 Å². The molecular formula is C19H24ClN3O4S. The first-order valence-corrected chi connectivity index (χ1v) is 9.51. The molecule has 1 aliphatic heterocycles. The number of nitrogens with zero attached hydrogens (tertiary/aromatic N) is 1. The number of carbonyl (C=O) groups is 2. The summed E-state index contributed by atoms with van der Waals surface area (Å²) in [4.78, 5) is 27.1. The fourth-order valence-corrected chi connectivity index (χ4v) is 4.17. The summed E-state index contributed by atoms with van der Waals surface area (Å²) in [6, 6.07) is 7.67. The molecule has 1 atom stereocenters. The van der Waals surface area contributed by atoms with Gasteiger partial charge in [-0.1, -0.05) is 6.07 Å². The fraction of sp³-hybridized carbons (Fsp3) is 0.368. The molecule has 1 aromatic carbocycles. The van der Waals surface area contributed by atoms with Crippen LogP contribution in [0.4, 0.5) is 0 Å². The SMILES string of the molecule is COc1cc2c(cc1OC)C(c1cccs1)N(C(=O)CNC(=O)CN)CC2.Cl. The van der Waals surface area contributed by atoms with E-state index in [0.29, 0.717) is 24.5 Å². The number of fused-ring (bicyclic) bond motifs is 1. The molecule has 2 aromatic rings. The van der Waals surface area contributed by atoms with Gasteiger partial charge in [0.25, 0.3) is 0 Å². The summed E-state index contributed by atoms with van der Waals surface area (Å²) < 4.78 is 10.9. The molecule has 2 heterocycles. The highest BCUT2D eigenvalue weighted by Gasteiger charge is 2.33. The van der Waals surface area contributed by atoms with Gasteiger partial charge in [-0.2, -0.15) is 0 Å². The highest BCUT2D eigenvalue weighted by Crippen LogP contribution is 2.42. The van der Waals surface area contributed by atoms with Crippen LogP contribution in [0.25, 0.3) is 0 Å². The Bertz CT molecular complexity index is 829. The Kier molecular flexibility index (Phi) is 7.68. The number of hydrogen-bond acceptors (Lipinski definition) is 6. The largest absolute Gasteiger partial charge is 0.493 e. The molecule has 1 aromatic heterocycles. The van der Waals surface area contributed by atoms with Gasteiger partial charge in [-0.05, 0) is 41.1 Å². The average molecular weight is 426 g/mol. The molecule has 3 N–H and O–H groups in total. The Hall–Kier alpha value is -2.29. The molecule has 1 aliphatic rings. The van der Waals surface area contributed by atoms with Crippen LogP contribution < -0.4 is 20.5 Å². The Morgan fingerprint density at radius 1 is 1.29 bits per heavy atom. The number of halogens is 1. The van der Waals surface area contributed by atoms with Gasteiger partial charge < -0.3 is 25.4 Å². The highest BCUT2D eigenvalue weighted by molar-refractivity contribution is 7.10. The molecule has 0 radical (unpaired) electrons. The van der Waals surface area contributed by atoms with E-state index in [0.717, 1.165) is 16.0 Å². The predicted molar refractivity (Wildman–Crippen MR) is 110 cm³/mol. The number of thiophene rings is 1. The minimum Gasteiger partial charge on any atom is -0.493 e. The lowest BCUT2D eigenvalue weighted by molar-refractivity contribution is -0.134. The average Bonchev–Trinajstić information content (AvgIpc) is 3.23. The van der Waals surface area contributed by atoms with Gasteiger partial charge in [0.05, 0.1) is 33.4 Å². The number of ether oxygens (including phenoxy) is 2. The van der Waals surface area contributed by atoms with Crippen molar-refractivity contribution in [2.24, 2.45) is 5.73 Å². The van der Waals surface area contributed by atoms with Gasteiger partial charge in [0.2, 0.25) is 11.8 Å². The maximum Gasteiger partial charge on any atom is 0.242 e. The predicted octanol–water partition coefficient (Wildman–Crippen LogP) is 1.74. The van der Waals surface area contributed by atoms with E-state index in [4.69, 9.17) is 15.2 Å². The van der Waals surface area contributed by atoms with E-state index >= 15 is 0 Å². The lowest BCUT2D eigenvalue weighted by Gasteiger charge is -2.37. The molecule has 2 amide bonds. The van der Waals surface area contributed by atoms with Crippen LogP contribution in [0.3, 0.4) is 0 Å². The van der Waals surface area contributed by atoms with E-state index < -0.39 is 0 Å². The Morgan fingerprint density at radius 3 is 2.61 bits per heavy atom. The summed E-state index contributed by atoms with van der Waals surface area (Å²) in [6.07, 6.45) is 0.703. The molecule has 9 heteroatoms. The van der Waals surface area contributed by atoms with E-state index in [1.54, 1.807) is 30.5 Å². The number of methoxy groups -OCH3 is 2. The zero-order chi connectivity index (χ0) is 19.4. The summed E-state index contributed by atoms with van der Waals surface area (Å²) >= 11 is 1.59. The topological polar surface area (TPSA) is 93.9 Å². The third-order valence-electron chi connectivity index (χ3n) is 4.63. The van der Waals surface area contributed by atoms with Gasteiger partial charge in [0.15, 0.2) is 11.5 Å². The van der Waals surface area contributed by atoms with Crippen LogP contribution in [0, 0.1) is 0 Å². The first-order valence-electron chi connectivity index (χ1n) is 8.63. The van der Waals surface area contributed by atoms with Crippen molar-refractivity contribution in [3.8, 4) is 11.5 Å². The van der Waals surface area contributed by atoms with Crippen LogP contribution in [-0.2, 0) is 16.0 Å². The van der Waals surface area contributed by atoms with E-state index in [9.17, 15) is 9.59 Å². The van der Waals surface area contributed by atoms with Crippen LogP contribution in [0.15, 0.2) is 29.6 Å². The fourth-order valence-electron chi connectivity index (χ4n) is 3.32. The maximum atomic E-state index is 12.8. The molecule has 0 bridgehead atoms. The molecule has 0 saturated carbocycles. The second-order valence-corrected chi connectivity index (χ2v) is 7.12. The van der Waals surface area contributed by atoms with Crippen molar-refractivity contribution in [1.82, 2.24) is 10.2 Å². The lowest BCUT2D eigenvalue weighted by atomic mass is 9.90. The Balaban J connectivity index is 0.00000280. The second-order valence-electron chi connectivity index (χ2n) is 6.14. The van der Waals surface area contributed by atoms with Crippen molar-refractivity contribution in [3.05, 3.63) is 45.6 Å². The van der Waals surface area contributed by atoms with Crippen molar-refractivity contribution < 1.29 is 19.1 Å². The molecular weight excluding hydrogens is 402 g/mol. The molecule has 3 rings (SSSR count). The third-order valence-corrected chi connectivity index (χ3v) is 5.55. The number of benzene rings is 1. The summed E-state index contributed by atoms with van der Waals surface area (Å²) in [5.74, 6) is 0.815. The molecule has 0 saturated heterocycles. The normalized spacial score (nSPS) is 15.2. The molecule has 0 fully saturated rings. The van der Waals surface area contributed by atoms with Crippen LogP contribution >= 0.6 is 23.7 Å². The highest BCUT2D eigenvalue weighted by atomic mass is 35.5.